The molecular formula is C15H32N4. The van der Waals surface area contributed by atoms with Crippen LogP contribution in [0.1, 0.15) is 25.7 Å². The summed E-state index contributed by atoms with van der Waals surface area (Å²) >= 11 is 0. The molecule has 19 heavy (non-hydrogen) atoms. The number of likely N-dealkylation sites (tertiary alicyclic amines) is 2. The third-order valence-electron chi connectivity index (χ3n) is 4.47. The maximum Gasteiger partial charge on any atom is 0.0235 e. The summed E-state index contributed by atoms with van der Waals surface area (Å²) in [6.45, 7) is 10.0. The lowest BCUT2D eigenvalue weighted by molar-refractivity contribution is 0.232. The molecule has 4 nitrogen and oxygen atoms in total. The fraction of sp³-hybridized carbons (Fsp3) is 1.00. The third kappa shape index (κ3) is 5.38. The normalized spacial score (nSPS) is 25.7. The van der Waals surface area contributed by atoms with Crippen molar-refractivity contribution in [1.82, 2.24) is 20.0 Å². The number of hydrogen-bond acceptors (Lipinski definition) is 4. The number of nitrogens with one attached hydrogen (secondary N) is 1. The van der Waals surface area contributed by atoms with Gasteiger partial charge in [0.15, 0.2) is 0 Å². The van der Waals surface area contributed by atoms with Gasteiger partial charge in [-0.1, -0.05) is 0 Å². The minimum absolute atomic E-state index is 0.858. The number of nitrogens with zero attached hydrogens (tertiary/aromatic N) is 3. The highest BCUT2D eigenvalue weighted by Crippen LogP contribution is 2.19. The van der Waals surface area contributed by atoms with Crippen LogP contribution in [0.2, 0.25) is 0 Å². The monoisotopic (exact) mass is 268 g/mol. The van der Waals surface area contributed by atoms with E-state index in [2.05, 4.69) is 34.1 Å². The van der Waals surface area contributed by atoms with E-state index in [1.54, 1.807) is 0 Å². The lowest BCUT2D eigenvalue weighted by atomic mass is 10.2. The zero-order chi connectivity index (χ0) is 13.5. The molecule has 2 rings (SSSR count). The Balaban J connectivity index is 1.48. The van der Waals surface area contributed by atoms with Gasteiger partial charge >= 0.3 is 0 Å². The summed E-state index contributed by atoms with van der Waals surface area (Å²) in [5.74, 6) is 0. The molecule has 2 saturated heterocycles. The van der Waals surface area contributed by atoms with Crippen LogP contribution in [0.15, 0.2) is 0 Å². The summed E-state index contributed by atoms with van der Waals surface area (Å²) in [6.07, 6.45) is 5.48. The van der Waals surface area contributed by atoms with Crippen LogP contribution < -0.4 is 5.32 Å². The summed E-state index contributed by atoms with van der Waals surface area (Å²) in [5, 5.41) is 3.57. The molecule has 112 valence electrons. The number of rotatable bonds is 8. The van der Waals surface area contributed by atoms with Crippen LogP contribution in [0.5, 0.6) is 0 Å². The predicted octanol–water partition coefficient (Wildman–Crippen LogP) is 0.698. The van der Waals surface area contributed by atoms with Crippen molar-refractivity contribution in [2.75, 3.05) is 66.5 Å². The van der Waals surface area contributed by atoms with Crippen molar-refractivity contribution in [1.29, 1.82) is 0 Å². The Kier molecular flexibility index (Phi) is 6.57. The smallest absolute Gasteiger partial charge is 0.0235 e. The Morgan fingerprint density at radius 3 is 2.63 bits per heavy atom. The van der Waals surface area contributed by atoms with E-state index in [-0.39, 0.29) is 0 Å². The van der Waals surface area contributed by atoms with Gasteiger partial charge in [-0.15, -0.1) is 0 Å². The van der Waals surface area contributed by atoms with E-state index in [0.717, 1.165) is 19.1 Å². The van der Waals surface area contributed by atoms with Crippen molar-refractivity contribution in [2.24, 2.45) is 0 Å². The van der Waals surface area contributed by atoms with Crippen molar-refractivity contribution in [3.8, 4) is 0 Å². The number of hydrogen-bond donors (Lipinski definition) is 1. The molecule has 1 N–H and O–H groups in total. The molecular weight excluding hydrogens is 236 g/mol. The van der Waals surface area contributed by atoms with Crippen LogP contribution in [0.3, 0.4) is 0 Å². The van der Waals surface area contributed by atoms with E-state index in [0.29, 0.717) is 0 Å². The Hall–Kier alpha value is -0.160. The quantitative estimate of drug-likeness (QED) is 0.654. The van der Waals surface area contributed by atoms with E-state index in [1.165, 1.54) is 65.0 Å². The summed E-state index contributed by atoms with van der Waals surface area (Å²) in [4.78, 5) is 7.61. The second kappa shape index (κ2) is 8.20. The van der Waals surface area contributed by atoms with Crippen molar-refractivity contribution in [3.05, 3.63) is 0 Å². The van der Waals surface area contributed by atoms with Crippen LogP contribution in [-0.2, 0) is 0 Å². The maximum atomic E-state index is 3.57. The third-order valence-corrected chi connectivity index (χ3v) is 4.47. The highest BCUT2D eigenvalue weighted by atomic mass is 15.3. The second-order valence-corrected chi connectivity index (χ2v) is 6.39. The van der Waals surface area contributed by atoms with E-state index >= 15 is 0 Å². The molecule has 0 aromatic rings. The lowest BCUT2D eigenvalue weighted by Gasteiger charge is -2.23. The second-order valence-electron chi connectivity index (χ2n) is 6.39. The predicted molar refractivity (Wildman–Crippen MR) is 81.7 cm³/mol. The van der Waals surface area contributed by atoms with Crippen molar-refractivity contribution < 1.29 is 0 Å². The first-order valence-corrected chi connectivity index (χ1v) is 8.07. The molecule has 0 bridgehead atoms. The van der Waals surface area contributed by atoms with Crippen LogP contribution in [0.4, 0.5) is 0 Å². The molecule has 0 aliphatic carbocycles. The molecule has 0 spiro atoms. The molecule has 4 heteroatoms. The highest BCUT2D eigenvalue weighted by Gasteiger charge is 2.28. The SMILES string of the molecule is CN(C)CCCNCCN1CCC(N2CCCC2)C1. The summed E-state index contributed by atoms with van der Waals surface area (Å²) in [5.41, 5.74) is 0. The van der Waals surface area contributed by atoms with Crippen LogP contribution in [-0.4, -0.2) is 87.2 Å². The molecule has 2 aliphatic rings. The Morgan fingerprint density at radius 2 is 1.89 bits per heavy atom. The van der Waals surface area contributed by atoms with Gasteiger partial charge in [-0.25, -0.2) is 0 Å². The summed E-state index contributed by atoms with van der Waals surface area (Å²) < 4.78 is 0. The molecule has 1 atom stereocenters. The van der Waals surface area contributed by atoms with Gasteiger partial charge in [0, 0.05) is 25.7 Å². The average Bonchev–Trinajstić information content (AvgIpc) is 3.03. The fourth-order valence-corrected chi connectivity index (χ4v) is 3.30. The van der Waals surface area contributed by atoms with Crippen molar-refractivity contribution in [2.45, 2.75) is 31.7 Å². The summed E-state index contributed by atoms with van der Waals surface area (Å²) in [7, 11) is 4.28. The van der Waals surface area contributed by atoms with Gasteiger partial charge in [-0.2, -0.15) is 0 Å². The fourth-order valence-electron chi connectivity index (χ4n) is 3.30. The first-order chi connectivity index (χ1) is 9.25. The highest BCUT2D eigenvalue weighted by molar-refractivity contribution is 4.85. The maximum absolute atomic E-state index is 3.57. The van der Waals surface area contributed by atoms with Crippen LogP contribution in [0, 0.1) is 0 Å². The van der Waals surface area contributed by atoms with Gasteiger partial charge in [0.2, 0.25) is 0 Å². The van der Waals surface area contributed by atoms with Gasteiger partial charge in [0.05, 0.1) is 0 Å². The lowest BCUT2D eigenvalue weighted by Crippen LogP contribution is -2.37. The zero-order valence-corrected chi connectivity index (χ0v) is 12.9. The van der Waals surface area contributed by atoms with Crippen LogP contribution in [0.25, 0.3) is 0 Å². The molecule has 2 fully saturated rings. The molecule has 2 aliphatic heterocycles. The molecule has 0 amide bonds. The van der Waals surface area contributed by atoms with Gasteiger partial charge in [0.1, 0.15) is 0 Å². The minimum Gasteiger partial charge on any atom is -0.315 e. The van der Waals surface area contributed by atoms with Crippen molar-refractivity contribution >= 4 is 0 Å². The first kappa shape index (κ1) is 15.2. The zero-order valence-electron chi connectivity index (χ0n) is 12.9. The Labute approximate surface area is 119 Å². The Morgan fingerprint density at radius 1 is 1.11 bits per heavy atom. The van der Waals surface area contributed by atoms with Gasteiger partial charge in [0.25, 0.3) is 0 Å². The first-order valence-electron chi connectivity index (χ1n) is 8.07. The molecule has 1 unspecified atom stereocenters. The van der Waals surface area contributed by atoms with Crippen molar-refractivity contribution in [3.63, 3.8) is 0 Å². The Bertz CT molecular complexity index is 238. The topological polar surface area (TPSA) is 21.8 Å². The van der Waals surface area contributed by atoms with Gasteiger partial charge in [-0.05, 0) is 72.5 Å². The van der Waals surface area contributed by atoms with E-state index in [4.69, 9.17) is 0 Å². The molecule has 0 aromatic carbocycles. The van der Waals surface area contributed by atoms with E-state index in [1.807, 2.05) is 0 Å². The molecule has 2 heterocycles. The summed E-state index contributed by atoms with van der Waals surface area (Å²) in [6, 6.07) is 0.858. The largest absolute Gasteiger partial charge is 0.315 e. The average molecular weight is 268 g/mol. The molecule has 0 aromatic heterocycles. The standard InChI is InChI=1S/C15H32N4/c1-17(2)9-5-7-16-8-13-18-12-6-15(14-18)19-10-3-4-11-19/h15-16H,3-14H2,1-2H3. The van der Waals surface area contributed by atoms with E-state index in [9.17, 15) is 0 Å². The molecule has 0 radical (unpaired) electrons. The van der Waals surface area contributed by atoms with Gasteiger partial charge < -0.3 is 15.1 Å². The minimum atomic E-state index is 0.858. The van der Waals surface area contributed by atoms with E-state index < -0.39 is 0 Å². The van der Waals surface area contributed by atoms with Gasteiger partial charge in [-0.3, -0.25) is 4.90 Å². The molecule has 0 saturated carbocycles. The van der Waals surface area contributed by atoms with Crippen LogP contribution >= 0.6 is 0 Å².